The second-order valence-corrected chi connectivity index (χ2v) is 6.76. The highest BCUT2D eigenvalue weighted by Gasteiger charge is 2.01. The third-order valence-electron chi connectivity index (χ3n) is 3.93. The van der Waals surface area contributed by atoms with Gasteiger partial charge in [-0.15, -0.1) is 0 Å². The average molecular weight is 394 g/mol. The van der Waals surface area contributed by atoms with Crippen LogP contribution in [0.15, 0.2) is 88.3 Å². The molecule has 2 nitrogen and oxygen atoms in total. The zero-order valence-electron chi connectivity index (χ0n) is 14.1. The molecule has 1 atom stereocenters. The van der Waals surface area contributed by atoms with E-state index in [0.29, 0.717) is 6.61 Å². The normalized spacial score (nSPS) is 12.2. The number of hydrogen-bond donors (Lipinski definition) is 0. The number of ether oxygens (including phenoxy) is 1. The van der Waals surface area contributed by atoms with E-state index in [1.54, 1.807) is 0 Å². The van der Waals surface area contributed by atoms with E-state index >= 15 is 0 Å². The van der Waals surface area contributed by atoms with E-state index in [-0.39, 0.29) is 6.04 Å². The minimum atomic E-state index is 0.148. The lowest BCUT2D eigenvalue weighted by Gasteiger charge is -2.07. The predicted molar refractivity (Wildman–Crippen MR) is 107 cm³/mol. The summed E-state index contributed by atoms with van der Waals surface area (Å²) in [4.78, 5) is 4.63. The maximum Gasteiger partial charge on any atom is 0.119 e. The van der Waals surface area contributed by atoms with E-state index in [1.165, 1.54) is 5.56 Å². The Morgan fingerprint density at radius 1 is 0.920 bits per heavy atom. The molecular weight excluding hydrogens is 374 g/mol. The lowest BCUT2D eigenvalue weighted by atomic mass is 10.1. The highest BCUT2D eigenvalue weighted by Crippen LogP contribution is 2.18. The van der Waals surface area contributed by atoms with Crippen molar-refractivity contribution in [2.24, 2.45) is 4.99 Å². The van der Waals surface area contributed by atoms with Crippen LogP contribution in [-0.2, 0) is 6.61 Å². The van der Waals surface area contributed by atoms with Gasteiger partial charge in [-0.1, -0.05) is 58.4 Å². The van der Waals surface area contributed by atoms with Gasteiger partial charge in [0.05, 0.1) is 6.04 Å². The van der Waals surface area contributed by atoms with Gasteiger partial charge in [-0.3, -0.25) is 4.99 Å². The first-order valence-corrected chi connectivity index (χ1v) is 9.05. The van der Waals surface area contributed by atoms with Gasteiger partial charge in [0.1, 0.15) is 12.4 Å². The molecule has 0 fully saturated rings. The molecule has 0 aromatic heterocycles. The largest absolute Gasteiger partial charge is 0.489 e. The molecule has 0 spiro atoms. The molecule has 0 aliphatic carbocycles. The Balaban J connectivity index is 1.56. The fourth-order valence-corrected chi connectivity index (χ4v) is 2.68. The van der Waals surface area contributed by atoms with Crippen LogP contribution in [0.2, 0.25) is 0 Å². The number of rotatable bonds is 6. The van der Waals surface area contributed by atoms with Gasteiger partial charge in [0.25, 0.3) is 0 Å². The lowest BCUT2D eigenvalue weighted by molar-refractivity contribution is 0.306. The summed E-state index contributed by atoms with van der Waals surface area (Å²) >= 11 is 3.44. The Morgan fingerprint density at radius 3 is 2.28 bits per heavy atom. The van der Waals surface area contributed by atoms with Crippen molar-refractivity contribution < 1.29 is 4.74 Å². The van der Waals surface area contributed by atoms with Crippen LogP contribution in [0.1, 0.15) is 29.7 Å². The van der Waals surface area contributed by atoms with Gasteiger partial charge >= 0.3 is 0 Å². The fourth-order valence-electron chi connectivity index (χ4n) is 2.41. The molecule has 3 heteroatoms. The molecule has 3 aromatic rings. The van der Waals surface area contributed by atoms with Crippen molar-refractivity contribution in [3.8, 4) is 5.75 Å². The summed E-state index contributed by atoms with van der Waals surface area (Å²) < 4.78 is 6.90. The van der Waals surface area contributed by atoms with Gasteiger partial charge in [0.2, 0.25) is 0 Å². The van der Waals surface area contributed by atoms with E-state index in [4.69, 9.17) is 4.74 Å². The molecule has 0 heterocycles. The smallest absolute Gasteiger partial charge is 0.119 e. The quantitative estimate of drug-likeness (QED) is 0.456. The zero-order chi connectivity index (χ0) is 17.5. The van der Waals surface area contributed by atoms with Crippen molar-refractivity contribution in [3.05, 3.63) is 100 Å². The van der Waals surface area contributed by atoms with Gasteiger partial charge in [-0.05, 0) is 60.0 Å². The molecule has 0 N–H and O–H groups in total. The van der Waals surface area contributed by atoms with Crippen molar-refractivity contribution in [3.63, 3.8) is 0 Å². The summed E-state index contributed by atoms with van der Waals surface area (Å²) in [6, 6.07) is 26.6. The zero-order valence-corrected chi connectivity index (χ0v) is 15.7. The number of hydrogen-bond acceptors (Lipinski definition) is 2. The van der Waals surface area contributed by atoms with Crippen LogP contribution in [0, 0.1) is 0 Å². The highest BCUT2D eigenvalue weighted by atomic mass is 79.9. The molecule has 0 saturated heterocycles. The third-order valence-corrected chi connectivity index (χ3v) is 4.46. The molecular formula is C22H20BrNO. The van der Waals surface area contributed by atoms with Crippen molar-refractivity contribution >= 4 is 22.1 Å². The monoisotopic (exact) mass is 393 g/mol. The second-order valence-electron chi connectivity index (χ2n) is 5.85. The Labute approximate surface area is 157 Å². The van der Waals surface area contributed by atoms with Gasteiger partial charge in [-0.2, -0.15) is 0 Å². The number of nitrogens with zero attached hydrogens (tertiary/aromatic N) is 1. The molecule has 0 saturated carbocycles. The minimum absolute atomic E-state index is 0.148. The molecule has 0 bridgehead atoms. The van der Waals surface area contributed by atoms with E-state index in [1.807, 2.05) is 60.8 Å². The van der Waals surface area contributed by atoms with Crippen LogP contribution in [-0.4, -0.2) is 6.21 Å². The van der Waals surface area contributed by atoms with Gasteiger partial charge < -0.3 is 4.74 Å². The van der Waals surface area contributed by atoms with Crippen LogP contribution in [0.3, 0.4) is 0 Å². The molecule has 25 heavy (non-hydrogen) atoms. The molecule has 126 valence electrons. The first-order chi connectivity index (χ1) is 12.2. The van der Waals surface area contributed by atoms with Crippen molar-refractivity contribution in [2.75, 3.05) is 0 Å². The van der Waals surface area contributed by atoms with E-state index in [0.717, 1.165) is 21.3 Å². The third kappa shape index (κ3) is 5.30. The van der Waals surface area contributed by atoms with Crippen LogP contribution in [0.25, 0.3) is 0 Å². The van der Waals surface area contributed by atoms with Crippen LogP contribution in [0.4, 0.5) is 0 Å². The lowest BCUT2D eigenvalue weighted by Crippen LogP contribution is -1.95. The Kier molecular flexibility index (Phi) is 6.02. The molecule has 3 rings (SSSR count). The summed E-state index contributed by atoms with van der Waals surface area (Å²) in [5, 5.41) is 0. The fraction of sp³-hybridized carbons (Fsp3) is 0.136. The highest BCUT2D eigenvalue weighted by molar-refractivity contribution is 9.10. The standard InChI is InChI=1S/C22H20BrNO/c1-17(20-5-3-2-4-6-20)24-15-18-9-13-22(14-10-18)25-16-19-7-11-21(23)12-8-19/h2-15,17H,16H2,1H3. The summed E-state index contributed by atoms with van der Waals surface area (Å²) in [6.07, 6.45) is 1.91. The van der Waals surface area contributed by atoms with Gasteiger partial charge in [-0.25, -0.2) is 0 Å². The SMILES string of the molecule is CC(N=Cc1ccc(OCc2ccc(Br)cc2)cc1)c1ccccc1. The first-order valence-electron chi connectivity index (χ1n) is 8.26. The van der Waals surface area contributed by atoms with E-state index in [9.17, 15) is 0 Å². The van der Waals surface area contributed by atoms with E-state index in [2.05, 4.69) is 52.1 Å². The summed E-state index contributed by atoms with van der Waals surface area (Å²) in [5.41, 5.74) is 3.43. The first kappa shape index (κ1) is 17.4. The number of benzene rings is 3. The van der Waals surface area contributed by atoms with Crippen LogP contribution < -0.4 is 4.74 Å². The summed E-state index contributed by atoms with van der Waals surface area (Å²) in [6.45, 7) is 2.66. The van der Waals surface area contributed by atoms with E-state index < -0.39 is 0 Å². The number of aliphatic imine (C=N–C) groups is 1. The van der Waals surface area contributed by atoms with Crippen molar-refractivity contribution in [1.82, 2.24) is 0 Å². The Hall–Kier alpha value is -2.39. The topological polar surface area (TPSA) is 21.6 Å². The van der Waals surface area contributed by atoms with Crippen LogP contribution >= 0.6 is 15.9 Å². The van der Waals surface area contributed by atoms with Gasteiger partial charge in [0, 0.05) is 10.7 Å². The minimum Gasteiger partial charge on any atom is -0.489 e. The average Bonchev–Trinajstić information content (AvgIpc) is 2.67. The Morgan fingerprint density at radius 2 is 1.60 bits per heavy atom. The molecule has 0 amide bonds. The molecule has 3 aromatic carbocycles. The number of halogens is 1. The summed E-state index contributed by atoms with van der Waals surface area (Å²) in [5.74, 6) is 0.858. The molecule has 0 radical (unpaired) electrons. The van der Waals surface area contributed by atoms with Crippen molar-refractivity contribution in [1.29, 1.82) is 0 Å². The maximum atomic E-state index is 5.82. The molecule has 1 unspecified atom stereocenters. The molecule has 0 aliphatic heterocycles. The van der Waals surface area contributed by atoms with Crippen LogP contribution in [0.5, 0.6) is 5.75 Å². The molecule has 0 aliphatic rings. The van der Waals surface area contributed by atoms with Gasteiger partial charge in [0.15, 0.2) is 0 Å². The predicted octanol–water partition coefficient (Wildman–Crippen LogP) is 6.21. The Bertz CT molecular complexity index is 811. The maximum absolute atomic E-state index is 5.82. The second kappa shape index (κ2) is 8.63. The summed E-state index contributed by atoms with van der Waals surface area (Å²) in [7, 11) is 0. The van der Waals surface area contributed by atoms with Crippen molar-refractivity contribution in [2.45, 2.75) is 19.6 Å².